The lowest BCUT2D eigenvalue weighted by atomic mass is 10.2. The fourth-order valence-electron chi connectivity index (χ4n) is 1.46. The van der Waals surface area contributed by atoms with Crippen LogP contribution in [0.4, 0.5) is 0 Å². The lowest BCUT2D eigenvalue weighted by Gasteiger charge is -2.01. The Labute approximate surface area is 93.3 Å². The van der Waals surface area contributed by atoms with Gasteiger partial charge in [-0.15, -0.1) is 0 Å². The fraction of sp³-hybridized carbons (Fsp3) is 0.250. The number of hydrogen-bond acceptors (Lipinski definition) is 3. The first-order valence-corrected chi connectivity index (χ1v) is 4.92. The van der Waals surface area contributed by atoms with Gasteiger partial charge in [-0.05, 0) is 18.9 Å². The van der Waals surface area contributed by atoms with E-state index >= 15 is 0 Å². The zero-order chi connectivity index (χ0) is 11.5. The highest BCUT2D eigenvalue weighted by molar-refractivity contribution is 5.88. The Kier molecular flexibility index (Phi) is 2.80. The van der Waals surface area contributed by atoms with Gasteiger partial charge in [0.2, 0.25) is 0 Å². The molecule has 0 aliphatic carbocycles. The van der Waals surface area contributed by atoms with E-state index in [2.05, 4.69) is 21.8 Å². The van der Waals surface area contributed by atoms with Gasteiger partial charge in [0.15, 0.2) is 0 Å². The van der Waals surface area contributed by atoms with Crippen LogP contribution < -0.4 is 4.74 Å². The molecule has 2 aromatic rings. The molecule has 0 spiro atoms. The number of fused-ring (bicyclic) bond motifs is 1. The van der Waals surface area contributed by atoms with Crippen molar-refractivity contribution in [2.45, 2.75) is 13.0 Å². The van der Waals surface area contributed by atoms with Gasteiger partial charge in [0.05, 0.1) is 18.8 Å². The molecule has 16 heavy (non-hydrogen) atoms. The number of nitrogens with zero attached hydrogens (tertiary/aromatic N) is 1. The Morgan fingerprint density at radius 3 is 3.06 bits per heavy atom. The number of nitrogens with one attached hydrogen (secondary N) is 1. The standard InChI is InChI=1S/C12H12N2O2/c1-8(15)3-4-10-12-9(5-6-13-12)11(16-2)7-14-10/h5-8,13,15H,1-2H3/t8-/m1/s1. The molecule has 2 N–H and O–H groups in total. The Balaban J connectivity index is 2.57. The maximum Gasteiger partial charge on any atom is 0.146 e. The molecule has 2 rings (SSSR count). The monoisotopic (exact) mass is 216 g/mol. The van der Waals surface area contributed by atoms with Crippen LogP contribution in [-0.4, -0.2) is 28.3 Å². The van der Waals surface area contributed by atoms with Crippen molar-refractivity contribution in [3.05, 3.63) is 24.2 Å². The van der Waals surface area contributed by atoms with Crippen LogP contribution in [0, 0.1) is 11.8 Å². The van der Waals surface area contributed by atoms with Crippen LogP contribution in [0.15, 0.2) is 18.5 Å². The number of methoxy groups -OCH3 is 1. The van der Waals surface area contributed by atoms with Gasteiger partial charge in [0.1, 0.15) is 17.5 Å². The van der Waals surface area contributed by atoms with Gasteiger partial charge in [-0.2, -0.15) is 0 Å². The van der Waals surface area contributed by atoms with Gasteiger partial charge >= 0.3 is 0 Å². The lowest BCUT2D eigenvalue weighted by Crippen LogP contribution is -1.94. The number of H-pyrrole nitrogens is 1. The molecule has 0 amide bonds. The van der Waals surface area contributed by atoms with E-state index in [1.165, 1.54) is 0 Å². The molecule has 2 aromatic heterocycles. The maximum atomic E-state index is 9.10. The Bertz CT molecular complexity index is 561. The average Bonchev–Trinajstić information content (AvgIpc) is 2.74. The number of ether oxygens (including phenoxy) is 1. The van der Waals surface area contributed by atoms with Crippen LogP contribution in [0.3, 0.4) is 0 Å². The SMILES string of the molecule is COc1cnc(C#C[C@@H](C)O)c2[nH]ccc12. The maximum absolute atomic E-state index is 9.10. The van der Waals surface area contributed by atoms with Gasteiger partial charge < -0.3 is 14.8 Å². The molecule has 4 heteroatoms. The quantitative estimate of drug-likeness (QED) is 0.706. The molecule has 0 aromatic carbocycles. The third kappa shape index (κ3) is 1.86. The van der Waals surface area contributed by atoms with E-state index in [0.717, 1.165) is 10.9 Å². The van der Waals surface area contributed by atoms with Crippen LogP contribution in [0.2, 0.25) is 0 Å². The van der Waals surface area contributed by atoms with E-state index in [0.29, 0.717) is 11.4 Å². The van der Waals surface area contributed by atoms with Crippen molar-refractivity contribution in [3.8, 4) is 17.6 Å². The van der Waals surface area contributed by atoms with Crippen LogP contribution >= 0.6 is 0 Å². The minimum Gasteiger partial charge on any atom is -0.494 e. The Morgan fingerprint density at radius 1 is 1.56 bits per heavy atom. The molecule has 4 nitrogen and oxygen atoms in total. The molecule has 0 bridgehead atoms. The minimum absolute atomic E-state index is 0.613. The predicted molar refractivity (Wildman–Crippen MR) is 61.2 cm³/mol. The molecule has 0 unspecified atom stereocenters. The summed E-state index contributed by atoms with van der Waals surface area (Å²) in [5, 5.41) is 10.0. The molecular weight excluding hydrogens is 204 g/mol. The van der Waals surface area contributed by atoms with Crippen molar-refractivity contribution >= 4 is 10.9 Å². The number of hydrogen-bond donors (Lipinski definition) is 2. The van der Waals surface area contributed by atoms with Gasteiger partial charge in [0.25, 0.3) is 0 Å². The number of aromatic nitrogens is 2. The summed E-state index contributed by atoms with van der Waals surface area (Å²) in [5.41, 5.74) is 1.44. The van der Waals surface area contributed by atoms with Crippen molar-refractivity contribution in [1.29, 1.82) is 0 Å². The van der Waals surface area contributed by atoms with Crippen LogP contribution in [0.25, 0.3) is 10.9 Å². The zero-order valence-electron chi connectivity index (χ0n) is 9.11. The van der Waals surface area contributed by atoms with Crippen LogP contribution in [0.1, 0.15) is 12.6 Å². The number of aliphatic hydroxyl groups excluding tert-OH is 1. The van der Waals surface area contributed by atoms with Crippen molar-refractivity contribution in [2.24, 2.45) is 0 Å². The molecule has 0 saturated heterocycles. The van der Waals surface area contributed by atoms with E-state index in [1.54, 1.807) is 20.2 Å². The highest BCUT2D eigenvalue weighted by atomic mass is 16.5. The summed E-state index contributed by atoms with van der Waals surface area (Å²) in [6.07, 6.45) is 2.78. The number of aliphatic hydroxyl groups is 1. The second kappa shape index (κ2) is 4.25. The molecule has 0 fully saturated rings. The van der Waals surface area contributed by atoms with Crippen molar-refractivity contribution in [3.63, 3.8) is 0 Å². The smallest absolute Gasteiger partial charge is 0.146 e. The van der Waals surface area contributed by atoms with Gasteiger partial charge in [-0.25, -0.2) is 4.98 Å². The second-order valence-electron chi connectivity index (χ2n) is 3.39. The van der Waals surface area contributed by atoms with Gasteiger partial charge in [-0.3, -0.25) is 0 Å². The predicted octanol–water partition coefficient (Wildman–Crippen LogP) is 1.30. The molecule has 82 valence electrons. The molecule has 0 saturated carbocycles. The summed E-state index contributed by atoms with van der Waals surface area (Å²) in [5.74, 6) is 6.20. The fourth-order valence-corrected chi connectivity index (χ4v) is 1.46. The largest absolute Gasteiger partial charge is 0.494 e. The lowest BCUT2D eigenvalue weighted by molar-refractivity contribution is 0.253. The average molecular weight is 216 g/mol. The van der Waals surface area contributed by atoms with E-state index in [9.17, 15) is 0 Å². The van der Waals surface area contributed by atoms with Crippen LogP contribution in [-0.2, 0) is 0 Å². The first-order chi connectivity index (χ1) is 7.72. The topological polar surface area (TPSA) is 58.1 Å². The summed E-state index contributed by atoms with van der Waals surface area (Å²) >= 11 is 0. The highest BCUT2D eigenvalue weighted by Crippen LogP contribution is 2.24. The van der Waals surface area contributed by atoms with Gasteiger partial charge in [0, 0.05) is 11.6 Å². The highest BCUT2D eigenvalue weighted by Gasteiger charge is 2.06. The second-order valence-corrected chi connectivity index (χ2v) is 3.39. The molecule has 0 radical (unpaired) electrons. The molecule has 0 aliphatic rings. The molecule has 1 atom stereocenters. The summed E-state index contributed by atoms with van der Waals surface area (Å²) < 4.78 is 5.19. The van der Waals surface area contributed by atoms with Crippen molar-refractivity contribution in [1.82, 2.24) is 9.97 Å². The first-order valence-electron chi connectivity index (χ1n) is 4.92. The number of pyridine rings is 1. The summed E-state index contributed by atoms with van der Waals surface area (Å²) in [7, 11) is 1.60. The van der Waals surface area contributed by atoms with Crippen LogP contribution in [0.5, 0.6) is 5.75 Å². The van der Waals surface area contributed by atoms with E-state index in [4.69, 9.17) is 9.84 Å². The Morgan fingerprint density at radius 2 is 2.38 bits per heavy atom. The van der Waals surface area contributed by atoms with E-state index < -0.39 is 6.10 Å². The molecule has 2 heterocycles. The minimum atomic E-state index is -0.658. The molecule has 0 aliphatic heterocycles. The molecular formula is C12H12N2O2. The van der Waals surface area contributed by atoms with Crippen molar-refractivity contribution in [2.75, 3.05) is 7.11 Å². The number of aromatic amines is 1. The summed E-state index contributed by atoms with van der Waals surface area (Å²) in [6.45, 7) is 1.61. The number of rotatable bonds is 1. The third-order valence-corrected chi connectivity index (χ3v) is 2.18. The third-order valence-electron chi connectivity index (χ3n) is 2.18. The van der Waals surface area contributed by atoms with Gasteiger partial charge in [-0.1, -0.05) is 5.92 Å². The van der Waals surface area contributed by atoms with E-state index in [-0.39, 0.29) is 0 Å². The Hall–Kier alpha value is -1.99. The normalized spacial score (nSPS) is 11.9. The van der Waals surface area contributed by atoms with Crippen molar-refractivity contribution < 1.29 is 9.84 Å². The summed E-state index contributed by atoms with van der Waals surface area (Å²) in [4.78, 5) is 7.24. The first kappa shape index (κ1) is 10.5. The summed E-state index contributed by atoms with van der Waals surface area (Å²) in [6, 6.07) is 1.91. The zero-order valence-corrected chi connectivity index (χ0v) is 9.11. The van der Waals surface area contributed by atoms with E-state index in [1.807, 2.05) is 12.3 Å².